The molecule has 1 aromatic carbocycles. The van der Waals surface area contributed by atoms with Gasteiger partial charge >= 0.3 is 0 Å². The maximum Gasteiger partial charge on any atom is 0.0306 e. The molecule has 1 aliphatic rings. The van der Waals surface area contributed by atoms with Crippen LogP contribution in [-0.2, 0) is 0 Å². The molecule has 0 radical (unpaired) electrons. The second kappa shape index (κ2) is 5.65. The minimum atomic E-state index is 0.165. The topological polar surface area (TPSA) is 38.0 Å². The average molecular weight is 232 g/mol. The molecule has 0 heterocycles. The van der Waals surface area contributed by atoms with Crippen molar-refractivity contribution in [3.05, 3.63) is 35.9 Å². The molecule has 94 valence electrons. The molecule has 0 amide bonds. The standard InChI is InChI=1S/C15H24N2/c1-2-15(10-6-11-15)17-12-9-14(16)13-7-4-3-5-8-13/h3-5,7-8,14,17H,2,6,9-12,16H2,1H3. The quantitative estimate of drug-likeness (QED) is 0.791. The Hall–Kier alpha value is -0.860. The molecule has 0 aliphatic heterocycles. The first kappa shape index (κ1) is 12.6. The second-order valence-electron chi connectivity index (χ2n) is 5.22. The Morgan fingerprint density at radius 2 is 2.00 bits per heavy atom. The molecule has 0 spiro atoms. The van der Waals surface area contributed by atoms with Crippen molar-refractivity contribution < 1.29 is 0 Å². The lowest BCUT2D eigenvalue weighted by atomic mass is 9.75. The zero-order valence-electron chi connectivity index (χ0n) is 10.8. The Kier molecular flexibility index (Phi) is 4.19. The zero-order valence-corrected chi connectivity index (χ0v) is 10.8. The molecular weight excluding hydrogens is 208 g/mol. The highest BCUT2D eigenvalue weighted by Crippen LogP contribution is 2.34. The SMILES string of the molecule is CCC1(NCCC(N)c2ccccc2)CCC1. The highest BCUT2D eigenvalue weighted by atomic mass is 15.0. The molecule has 2 nitrogen and oxygen atoms in total. The van der Waals surface area contributed by atoms with Crippen LogP contribution >= 0.6 is 0 Å². The summed E-state index contributed by atoms with van der Waals surface area (Å²) in [5, 5.41) is 3.70. The summed E-state index contributed by atoms with van der Waals surface area (Å²) >= 11 is 0. The lowest BCUT2D eigenvalue weighted by Gasteiger charge is -2.42. The molecule has 1 saturated carbocycles. The first-order valence-electron chi connectivity index (χ1n) is 6.81. The van der Waals surface area contributed by atoms with E-state index in [-0.39, 0.29) is 6.04 Å². The van der Waals surface area contributed by atoms with Gasteiger partial charge in [-0.05, 0) is 44.2 Å². The summed E-state index contributed by atoms with van der Waals surface area (Å²) in [5.41, 5.74) is 7.87. The van der Waals surface area contributed by atoms with Gasteiger partial charge < -0.3 is 11.1 Å². The van der Waals surface area contributed by atoms with Crippen LogP contribution in [0.5, 0.6) is 0 Å². The molecule has 0 aromatic heterocycles. The maximum atomic E-state index is 6.19. The predicted octanol–water partition coefficient (Wildman–Crippen LogP) is 3.00. The number of nitrogens with one attached hydrogen (secondary N) is 1. The third kappa shape index (κ3) is 3.08. The van der Waals surface area contributed by atoms with Crippen molar-refractivity contribution in [1.29, 1.82) is 0 Å². The largest absolute Gasteiger partial charge is 0.324 e. The Morgan fingerprint density at radius 1 is 1.29 bits per heavy atom. The van der Waals surface area contributed by atoms with Crippen molar-refractivity contribution in [3.8, 4) is 0 Å². The van der Waals surface area contributed by atoms with Gasteiger partial charge in [-0.15, -0.1) is 0 Å². The second-order valence-corrected chi connectivity index (χ2v) is 5.22. The van der Waals surface area contributed by atoms with Gasteiger partial charge in [0.2, 0.25) is 0 Å². The predicted molar refractivity (Wildman–Crippen MR) is 72.9 cm³/mol. The summed E-state index contributed by atoms with van der Waals surface area (Å²) in [4.78, 5) is 0. The van der Waals surface area contributed by atoms with Crippen LogP contribution in [0.4, 0.5) is 0 Å². The van der Waals surface area contributed by atoms with E-state index in [0.29, 0.717) is 5.54 Å². The van der Waals surface area contributed by atoms with Gasteiger partial charge in [-0.1, -0.05) is 37.3 Å². The number of hydrogen-bond acceptors (Lipinski definition) is 2. The fourth-order valence-electron chi connectivity index (χ4n) is 2.62. The van der Waals surface area contributed by atoms with Gasteiger partial charge in [0.15, 0.2) is 0 Å². The van der Waals surface area contributed by atoms with E-state index >= 15 is 0 Å². The minimum absolute atomic E-state index is 0.165. The van der Waals surface area contributed by atoms with Crippen LogP contribution in [0.15, 0.2) is 30.3 Å². The van der Waals surface area contributed by atoms with E-state index in [1.807, 2.05) is 6.07 Å². The van der Waals surface area contributed by atoms with E-state index in [0.717, 1.165) is 13.0 Å². The van der Waals surface area contributed by atoms with Crippen molar-refractivity contribution in [2.75, 3.05) is 6.54 Å². The summed E-state index contributed by atoms with van der Waals surface area (Å²) in [6.45, 7) is 3.31. The van der Waals surface area contributed by atoms with Gasteiger partial charge in [-0.25, -0.2) is 0 Å². The molecule has 3 N–H and O–H groups in total. The third-order valence-electron chi connectivity index (χ3n) is 4.17. The van der Waals surface area contributed by atoms with Gasteiger partial charge in [0.05, 0.1) is 0 Å². The number of benzene rings is 1. The number of hydrogen-bond donors (Lipinski definition) is 2. The zero-order chi connectivity index (χ0) is 12.1. The van der Waals surface area contributed by atoms with E-state index in [4.69, 9.17) is 5.73 Å². The number of nitrogens with two attached hydrogens (primary N) is 1. The summed E-state index contributed by atoms with van der Waals surface area (Å²) in [7, 11) is 0. The van der Waals surface area contributed by atoms with Crippen molar-refractivity contribution in [1.82, 2.24) is 5.32 Å². The molecule has 17 heavy (non-hydrogen) atoms. The first-order valence-corrected chi connectivity index (χ1v) is 6.81. The van der Waals surface area contributed by atoms with Gasteiger partial charge in [-0.2, -0.15) is 0 Å². The minimum Gasteiger partial charge on any atom is -0.324 e. The molecule has 1 atom stereocenters. The van der Waals surface area contributed by atoms with E-state index in [1.165, 1.54) is 31.2 Å². The Labute approximate surface area is 105 Å². The van der Waals surface area contributed by atoms with Gasteiger partial charge in [-0.3, -0.25) is 0 Å². The molecule has 2 rings (SSSR count). The molecule has 1 aliphatic carbocycles. The Balaban J connectivity index is 1.75. The normalized spacial score (nSPS) is 19.6. The molecular formula is C15H24N2. The molecule has 1 fully saturated rings. The Morgan fingerprint density at radius 3 is 2.53 bits per heavy atom. The van der Waals surface area contributed by atoms with Crippen LogP contribution in [0.25, 0.3) is 0 Å². The molecule has 0 saturated heterocycles. The van der Waals surface area contributed by atoms with Crippen LogP contribution in [0.1, 0.15) is 50.6 Å². The van der Waals surface area contributed by atoms with Gasteiger partial charge in [0.25, 0.3) is 0 Å². The fourth-order valence-corrected chi connectivity index (χ4v) is 2.62. The Bertz CT molecular complexity index is 325. The van der Waals surface area contributed by atoms with Crippen LogP contribution in [0.2, 0.25) is 0 Å². The number of rotatable bonds is 6. The smallest absolute Gasteiger partial charge is 0.0306 e. The maximum absolute atomic E-state index is 6.19. The highest BCUT2D eigenvalue weighted by Gasteiger charge is 2.33. The van der Waals surface area contributed by atoms with Crippen molar-refractivity contribution in [2.24, 2.45) is 5.73 Å². The summed E-state index contributed by atoms with van der Waals surface area (Å²) < 4.78 is 0. The van der Waals surface area contributed by atoms with Crippen LogP contribution in [-0.4, -0.2) is 12.1 Å². The van der Waals surface area contributed by atoms with Crippen molar-refractivity contribution >= 4 is 0 Å². The summed E-state index contributed by atoms with van der Waals surface area (Å²) in [5.74, 6) is 0. The van der Waals surface area contributed by atoms with E-state index < -0.39 is 0 Å². The van der Waals surface area contributed by atoms with Gasteiger partial charge in [0.1, 0.15) is 0 Å². The summed E-state index contributed by atoms with van der Waals surface area (Å²) in [6.07, 6.45) is 6.32. The average Bonchev–Trinajstić information content (AvgIpc) is 2.33. The van der Waals surface area contributed by atoms with Crippen LogP contribution in [0.3, 0.4) is 0 Å². The van der Waals surface area contributed by atoms with Crippen molar-refractivity contribution in [3.63, 3.8) is 0 Å². The van der Waals surface area contributed by atoms with Gasteiger partial charge in [0, 0.05) is 11.6 Å². The molecule has 2 heteroatoms. The lowest BCUT2D eigenvalue weighted by molar-refractivity contribution is 0.176. The molecule has 1 aromatic rings. The lowest BCUT2D eigenvalue weighted by Crippen LogP contribution is -2.51. The van der Waals surface area contributed by atoms with Crippen LogP contribution in [0, 0.1) is 0 Å². The highest BCUT2D eigenvalue weighted by molar-refractivity contribution is 5.18. The first-order chi connectivity index (χ1) is 8.26. The van der Waals surface area contributed by atoms with E-state index in [2.05, 4.69) is 36.5 Å². The third-order valence-corrected chi connectivity index (χ3v) is 4.17. The summed E-state index contributed by atoms with van der Waals surface area (Å²) in [6, 6.07) is 10.5. The van der Waals surface area contributed by atoms with E-state index in [9.17, 15) is 0 Å². The van der Waals surface area contributed by atoms with E-state index in [1.54, 1.807) is 0 Å². The van der Waals surface area contributed by atoms with Crippen LogP contribution < -0.4 is 11.1 Å². The monoisotopic (exact) mass is 232 g/mol. The molecule has 0 bridgehead atoms. The van der Waals surface area contributed by atoms with Crippen molar-refractivity contribution in [2.45, 2.75) is 50.6 Å². The fraction of sp³-hybridized carbons (Fsp3) is 0.600. The molecule has 1 unspecified atom stereocenters.